The SMILES string of the molecule is C=C(C)CCOc1cc(NC)nc(CC)n1. The number of aryl methyl sites for hydroxylation is 1. The van der Waals surface area contributed by atoms with Crippen LogP contribution in [0.5, 0.6) is 5.88 Å². The maximum absolute atomic E-state index is 5.55. The molecule has 0 saturated carbocycles. The summed E-state index contributed by atoms with van der Waals surface area (Å²) in [5, 5.41) is 2.99. The molecule has 1 rings (SSSR count). The molecule has 0 spiro atoms. The molecule has 1 N–H and O–H groups in total. The fraction of sp³-hybridized carbons (Fsp3) is 0.500. The molecular formula is C12H19N3O. The van der Waals surface area contributed by atoms with Crippen LogP contribution in [0.25, 0.3) is 0 Å². The maximum Gasteiger partial charge on any atom is 0.218 e. The van der Waals surface area contributed by atoms with Crippen molar-refractivity contribution in [3.63, 3.8) is 0 Å². The highest BCUT2D eigenvalue weighted by Gasteiger charge is 2.03. The summed E-state index contributed by atoms with van der Waals surface area (Å²) in [6.07, 6.45) is 1.65. The summed E-state index contributed by atoms with van der Waals surface area (Å²) in [5.41, 5.74) is 1.11. The van der Waals surface area contributed by atoms with Gasteiger partial charge in [-0.25, -0.2) is 4.98 Å². The largest absolute Gasteiger partial charge is 0.477 e. The zero-order valence-corrected chi connectivity index (χ0v) is 10.2. The smallest absolute Gasteiger partial charge is 0.218 e. The van der Waals surface area contributed by atoms with Gasteiger partial charge in [0.2, 0.25) is 5.88 Å². The number of nitrogens with one attached hydrogen (secondary N) is 1. The Labute approximate surface area is 96.8 Å². The first-order valence-electron chi connectivity index (χ1n) is 5.48. The summed E-state index contributed by atoms with van der Waals surface area (Å²) in [6, 6.07) is 1.80. The summed E-state index contributed by atoms with van der Waals surface area (Å²) in [5.74, 6) is 2.20. The number of hydrogen-bond acceptors (Lipinski definition) is 4. The predicted molar refractivity (Wildman–Crippen MR) is 65.9 cm³/mol. The van der Waals surface area contributed by atoms with Crippen LogP contribution >= 0.6 is 0 Å². The van der Waals surface area contributed by atoms with E-state index in [9.17, 15) is 0 Å². The van der Waals surface area contributed by atoms with E-state index in [4.69, 9.17) is 4.74 Å². The lowest BCUT2D eigenvalue weighted by atomic mass is 10.3. The Morgan fingerprint density at radius 3 is 2.81 bits per heavy atom. The highest BCUT2D eigenvalue weighted by molar-refractivity contribution is 5.37. The van der Waals surface area contributed by atoms with Crippen molar-refractivity contribution in [2.24, 2.45) is 0 Å². The van der Waals surface area contributed by atoms with Crippen LogP contribution in [-0.2, 0) is 6.42 Å². The molecule has 0 unspecified atom stereocenters. The zero-order valence-electron chi connectivity index (χ0n) is 10.2. The third-order valence-electron chi connectivity index (χ3n) is 2.10. The minimum atomic E-state index is 0.610. The van der Waals surface area contributed by atoms with E-state index in [1.165, 1.54) is 0 Å². The first-order valence-corrected chi connectivity index (χ1v) is 5.48. The van der Waals surface area contributed by atoms with Crippen LogP contribution in [0, 0.1) is 0 Å². The molecule has 0 radical (unpaired) electrons. The molecule has 1 aromatic rings. The lowest BCUT2D eigenvalue weighted by Crippen LogP contribution is -2.04. The Balaban J connectivity index is 2.67. The Hall–Kier alpha value is -1.58. The molecule has 88 valence electrons. The number of ether oxygens (including phenoxy) is 1. The van der Waals surface area contributed by atoms with Gasteiger partial charge in [0.1, 0.15) is 11.6 Å². The minimum Gasteiger partial charge on any atom is -0.477 e. The van der Waals surface area contributed by atoms with E-state index < -0.39 is 0 Å². The molecule has 0 bridgehead atoms. The number of anilines is 1. The molecule has 4 heteroatoms. The summed E-state index contributed by atoms with van der Waals surface area (Å²) < 4.78 is 5.55. The second-order valence-corrected chi connectivity index (χ2v) is 3.67. The summed E-state index contributed by atoms with van der Waals surface area (Å²) in [4.78, 5) is 8.59. The highest BCUT2D eigenvalue weighted by Crippen LogP contribution is 2.14. The van der Waals surface area contributed by atoms with Crippen molar-refractivity contribution >= 4 is 5.82 Å². The van der Waals surface area contributed by atoms with Gasteiger partial charge < -0.3 is 10.1 Å². The molecule has 0 fully saturated rings. The van der Waals surface area contributed by atoms with Crippen molar-refractivity contribution in [1.82, 2.24) is 9.97 Å². The molecule has 0 aliphatic rings. The Bertz CT molecular complexity index is 341. The van der Waals surface area contributed by atoms with Gasteiger partial charge in [-0.1, -0.05) is 12.5 Å². The first kappa shape index (κ1) is 12.5. The van der Waals surface area contributed by atoms with Crippen LogP contribution in [0.4, 0.5) is 5.82 Å². The van der Waals surface area contributed by atoms with Crippen molar-refractivity contribution in [1.29, 1.82) is 0 Å². The minimum absolute atomic E-state index is 0.610. The summed E-state index contributed by atoms with van der Waals surface area (Å²) in [7, 11) is 1.83. The van der Waals surface area contributed by atoms with Gasteiger partial charge in [-0.2, -0.15) is 4.98 Å². The molecule has 1 heterocycles. The first-order chi connectivity index (χ1) is 7.65. The topological polar surface area (TPSA) is 47.0 Å². The van der Waals surface area contributed by atoms with Crippen molar-refractivity contribution in [2.75, 3.05) is 19.0 Å². The van der Waals surface area contributed by atoms with Crippen LogP contribution in [0.1, 0.15) is 26.1 Å². The Kier molecular flexibility index (Phi) is 4.76. The van der Waals surface area contributed by atoms with Gasteiger partial charge in [-0.3, -0.25) is 0 Å². The summed E-state index contributed by atoms with van der Waals surface area (Å²) >= 11 is 0. The molecule has 0 aromatic carbocycles. The number of rotatable bonds is 6. The molecule has 16 heavy (non-hydrogen) atoms. The highest BCUT2D eigenvalue weighted by atomic mass is 16.5. The molecule has 0 aliphatic carbocycles. The standard InChI is InChI=1S/C12H19N3O/c1-5-10-14-11(13-4)8-12(15-10)16-7-6-9(2)3/h8H,2,5-7H2,1,3-4H3,(H,13,14,15). The van der Waals surface area contributed by atoms with Crippen LogP contribution in [-0.4, -0.2) is 23.6 Å². The lowest BCUT2D eigenvalue weighted by Gasteiger charge is -2.08. The second kappa shape index (κ2) is 6.10. The van der Waals surface area contributed by atoms with Crippen LogP contribution < -0.4 is 10.1 Å². The Morgan fingerprint density at radius 2 is 2.25 bits per heavy atom. The fourth-order valence-electron chi connectivity index (χ4n) is 1.16. The average Bonchev–Trinajstić information content (AvgIpc) is 2.28. The number of nitrogens with zero attached hydrogens (tertiary/aromatic N) is 2. The van der Waals surface area contributed by atoms with Gasteiger partial charge in [0.15, 0.2) is 0 Å². The molecular weight excluding hydrogens is 202 g/mol. The van der Waals surface area contributed by atoms with E-state index in [-0.39, 0.29) is 0 Å². The van der Waals surface area contributed by atoms with E-state index in [0.717, 1.165) is 30.1 Å². The van der Waals surface area contributed by atoms with Gasteiger partial charge in [-0.15, -0.1) is 6.58 Å². The van der Waals surface area contributed by atoms with E-state index in [1.807, 2.05) is 20.9 Å². The van der Waals surface area contributed by atoms with Gasteiger partial charge in [0.25, 0.3) is 0 Å². The number of aromatic nitrogens is 2. The van der Waals surface area contributed by atoms with Crippen molar-refractivity contribution in [3.8, 4) is 5.88 Å². The molecule has 1 aromatic heterocycles. The normalized spacial score (nSPS) is 9.94. The van der Waals surface area contributed by atoms with Crippen molar-refractivity contribution in [3.05, 3.63) is 24.0 Å². The average molecular weight is 221 g/mol. The van der Waals surface area contributed by atoms with Gasteiger partial charge >= 0.3 is 0 Å². The van der Waals surface area contributed by atoms with Crippen LogP contribution in [0.15, 0.2) is 18.2 Å². The lowest BCUT2D eigenvalue weighted by molar-refractivity contribution is 0.308. The monoisotopic (exact) mass is 221 g/mol. The predicted octanol–water partition coefficient (Wildman–Crippen LogP) is 2.43. The molecule has 0 atom stereocenters. The van der Waals surface area contributed by atoms with Crippen LogP contribution in [0.2, 0.25) is 0 Å². The van der Waals surface area contributed by atoms with E-state index >= 15 is 0 Å². The zero-order chi connectivity index (χ0) is 12.0. The second-order valence-electron chi connectivity index (χ2n) is 3.67. The number of hydrogen-bond donors (Lipinski definition) is 1. The third-order valence-corrected chi connectivity index (χ3v) is 2.10. The van der Waals surface area contributed by atoms with E-state index in [0.29, 0.717) is 12.5 Å². The molecule has 0 saturated heterocycles. The molecule has 4 nitrogen and oxygen atoms in total. The maximum atomic E-state index is 5.55. The van der Waals surface area contributed by atoms with Gasteiger partial charge in [0, 0.05) is 26.0 Å². The van der Waals surface area contributed by atoms with Gasteiger partial charge in [0.05, 0.1) is 6.61 Å². The van der Waals surface area contributed by atoms with Crippen molar-refractivity contribution in [2.45, 2.75) is 26.7 Å². The quantitative estimate of drug-likeness (QED) is 0.749. The molecule has 0 amide bonds. The fourth-order valence-corrected chi connectivity index (χ4v) is 1.16. The van der Waals surface area contributed by atoms with Crippen molar-refractivity contribution < 1.29 is 4.74 Å². The van der Waals surface area contributed by atoms with E-state index in [2.05, 4.69) is 21.9 Å². The van der Waals surface area contributed by atoms with Crippen LogP contribution in [0.3, 0.4) is 0 Å². The third kappa shape index (κ3) is 3.88. The molecule has 0 aliphatic heterocycles. The van der Waals surface area contributed by atoms with E-state index in [1.54, 1.807) is 6.07 Å². The summed E-state index contributed by atoms with van der Waals surface area (Å²) in [6.45, 7) is 8.44. The van der Waals surface area contributed by atoms with Gasteiger partial charge in [-0.05, 0) is 6.92 Å². The Morgan fingerprint density at radius 1 is 1.50 bits per heavy atom.